The van der Waals surface area contributed by atoms with Gasteiger partial charge in [-0.25, -0.2) is 8.42 Å². The second kappa shape index (κ2) is 6.06. The largest absolute Gasteiger partial charge is 0.316 e. The van der Waals surface area contributed by atoms with Gasteiger partial charge in [0, 0.05) is 25.2 Å². The molecule has 1 fully saturated rings. The molecule has 120 valence electrons. The highest BCUT2D eigenvalue weighted by Crippen LogP contribution is 2.37. The number of hydrogen-bond acceptors (Lipinski definition) is 4. The highest BCUT2D eigenvalue weighted by atomic mass is 32.2. The first kappa shape index (κ1) is 16.5. The lowest BCUT2D eigenvalue weighted by atomic mass is 9.76. The summed E-state index contributed by atoms with van der Waals surface area (Å²) >= 11 is 0. The van der Waals surface area contributed by atoms with Crippen LogP contribution in [0.3, 0.4) is 0 Å². The van der Waals surface area contributed by atoms with Crippen LogP contribution in [0.15, 0.2) is 11.2 Å². The van der Waals surface area contributed by atoms with Gasteiger partial charge in [-0.2, -0.15) is 9.40 Å². The fourth-order valence-electron chi connectivity index (χ4n) is 2.93. The number of aromatic nitrogens is 2. The Morgan fingerprint density at radius 1 is 1.43 bits per heavy atom. The molecule has 0 spiro atoms. The van der Waals surface area contributed by atoms with E-state index in [-0.39, 0.29) is 11.1 Å². The van der Waals surface area contributed by atoms with Crippen molar-refractivity contribution in [3.05, 3.63) is 11.8 Å². The van der Waals surface area contributed by atoms with Crippen molar-refractivity contribution in [2.75, 3.05) is 14.1 Å². The van der Waals surface area contributed by atoms with Crippen LogP contribution in [0.5, 0.6) is 0 Å². The molecule has 0 aliphatic heterocycles. The van der Waals surface area contributed by atoms with E-state index in [4.69, 9.17) is 0 Å². The van der Waals surface area contributed by atoms with Crippen molar-refractivity contribution in [3.63, 3.8) is 0 Å². The molecule has 0 saturated heterocycles. The molecule has 1 aliphatic rings. The van der Waals surface area contributed by atoms with E-state index in [0.717, 1.165) is 25.7 Å². The minimum absolute atomic E-state index is 0.0776. The van der Waals surface area contributed by atoms with Crippen molar-refractivity contribution < 1.29 is 8.42 Å². The summed E-state index contributed by atoms with van der Waals surface area (Å²) in [5.41, 5.74) is 1.01. The number of hydrogen-bond donors (Lipinski definition) is 2. The zero-order chi connectivity index (χ0) is 15.7. The van der Waals surface area contributed by atoms with Crippen molar-refractivity contribution in [3.8, 4) is 0 Å². The van der Waals surface area contributed by atoms with Crippen molar-refractivity contribution in [2.24, 2.45) is 5.41 Å². The summed E-state index contributed by atoms with van der Waals surface area (Å²) in [4.78, 5) is 0. The maximum atomic E-state index is 12.8. The molecule has 1 aromatic heterocycles. The number of aromatic amines is 1. The molecule has 7 heteroatoms. The summed E-state index contributed by atoms with van der Waals surface area (Å²) in [6.45, 7) is 4.98. The summed E-state index contributed by atoms with van der Waals surface area (Å²) in [5, 5.41) is 9.72. The SMILES string of the molecule is CNCc1cn[nH]c1S(=O)(=O)N(C)C1CCC(C)(C)CC1. The lowest BCUT2D eigenvalue weighted by molar-refractivity contribution is 0.174. The van der Waals surface area contributed by atoms with Gasteiger partial charge in [-0.05, 0) is 38.1 Å². The van der Waals surface area contributed by atoms with Gasteiger partial charge in [0.15, 0.2) is 5.03 Å². The van der Waals surface area contributed by atoms with Gasteiger partial charge in [-0.3, -0.25) is 5.10 Å². The molecular weight excluding hydrogens is 288 g/mol. The second-order valence-corrected chi connectivity index (χ2v) is 8.61. The molecular formula is C14H26N4O2S. The molecule has 0 bridgehead atoms. The van der Waals surface area contributed by atoms with E-state index in [2.05, 4.69) is 29.4 Å². The highest BCUT2D eigenvalue weighted by molar-refractivity contribution is 7.89. The quantitative estimate of drug-likeness (QED) is 0.867. The molecule has 2 N–H and O–H groups in total. The van der Waals surface area contributed by atoms with Crippen LogP contribution in [0.4, 0.5) is 0 Å². The van der Waals surface area contributed by atoms with E-state index in [1.807, 2.05) is 0 Å². The first-order valence-corrected chi connectivity index (χ1v) is 8.87. The van der Waals surface area contributed by atoms with Gasteiger partial charge in [0.1, 0.15) is 0 Å². The smallest absolute Gasteiger partial charge is 0.260 e. The van der Waals surface area contributed by atoms with E-state index < -0.39 is 10.0 Å². The van der Waals surface area contributed by atoms with Crippen LogP contribution in [-0.2, 0) is 16.6 Å². The third-order valence-electron chi connectivity index (χ3n) is 4.51. The van der Waals surface area contributed by atoms with Gasteiger partial charge in [0.25, 0.3) is 10.0 Å². The van der Waals surface area contributed by atoms with Gasteiger partial charge in [0.05, 0.1) is 6.20 Å². The van der Waals surface area contributed by atoms with Crippen molar-refractivity contribution >= 4 is 10.0 Å². The van der Waals surface area contributed by atoms with E-state index >= 15 is 0 Å². The van der Waals surface area contributed by atoms with Crippen molar-refractivity contribution in [1.29, 1.82) is 0 Å². The molecule has 1 aliphatic carbocycles. The van der Waals surface area contributed by atoms with Crippen molar-refractivity contribution in [2.45, 2.75) is 57.1 Å². The molecule has 1 heterocycles. The molecule has 6 nitrogen and oxygen atoms in total. The summed E-state index contributed by atoms with van der Waals surface area (Å²) < 4.78 is 27.1. The monoisotopic (exact) mass is 314 g/mol. The van der Waals surface area contributed by atoms with Gasteiger partial charge >= 0.3 is 0 Å². The molecule has 2 rings (SSSR count). The Bertz CT molecular complexity index is 570. The molecule has 0 amide bonds. The van der Waals surface area contributed by atoms with E-state index in [0.29, 0.717) is 17.5 Å². The fourth-order valence-corrected chi connectivity index (χ4v) is 4.44. The molecule has 1 saturated carbocycles. The molecule has 0 atom stereocenters. The molecule has 0 unspecified atom stereocenters. The first-order chi connectivity index (χ1) is 9.78. The van der Waals surface area contributed by atoms with E-state index in [1.165, 1.54) is 4.31 Å². The highest BCUT2D eigenvalue weighted by Gasteiger charge is 2.35. The predicted molar refractivity (Wildman–Crippen MR) is 82.3 cm³/mol. The summed E-state index contributed by atoms with van der Waals surface area (Å²) in [7, 11) is -0.0392. The predicted octanol–water partition coefficient (Wildman–Crippen LogP) is 1.72. The molecule has 0 radical (unpaired) electrons. The fraction of sp³-hybridized carbons (Fsp3) is 0.786. The average Bonchev–Trinajstić information content (AvgIpc) is 2.87. The third-order valence-corrected chi connectivity index (χ3v) is 6.43. The zero-order valence-corrected chi connectivity index (χ0v) is 14.1. The lowest BCUT2D eigenvalue weighted by Gasteiger charge is -2.37. The third kappa shape index (κ3) is 3.46. The Labute approximate surface area is 127 Å². The van der Waals surface area contributed by atoms with Crippen LogP contribution >= 0.6 is 0 Å². The van der Waals surface area contributed by atoms with Crippen LogP contribution in [0.2, 0.25) is 0 Å². The number of H-pyrrole nitrogens is 1. The van der Waals surface area contributed by atoms with Crippen molar-refractivity contribution in [1.82, 2.24) is 19.8 Å². The maximum absolute atomic E-state index is 12.8. The normalized spacial score (nSPS) is 20.0. The first-order valence-electron chi connectivity index (χ1n) is 7.43. The Hall–Kier alpha value is -0.920. The van der Waals surface area contributed by atoms with E-state index in [9.17, 15) is 8.42 Å². The Kier molecular flexibility index (Phi) is 4.75. The standard InChI is InChI=1S/C14H26N4O2S/c1-14(2)7-5-12(6-8-14)18(4)21(19,20)13-11(9-15-3)10-16-17-13/h10,12,15H,5-9H2,1-4H3,(H,16,17). The lowest BCUT2D eigenvalue weighted by Crippen LogP contribution is -2.41. The number of nitrogens with one attached hydrogen (secondary N) is 2. The minimum atomic E-state index is -3.51. The van der Waals surface area contributed by atoms with Crippen LogP contribution in [0, 0.1) is 5.41 Å². The summed E-state index contributed by atoms with van der Waals surface area (Å²) in [5.74, 6) is 0. The van der Waals surface area contributed by atoms with Gasteiger partial charge in [-0.1, -0.05) is 13.8 Å². The van der Waals surface area contributed by atoms with Crippen LogP contribution in [0.25, 0.3) is 0 Å². The number of sulfonamides is 1. The van der Waals surface area contributed by atoms with Gasteiger partial charge in [0.2, 0.25) is 0 Å². The summed E-state index contributed by atoms with van der Waals surface area (Å²) in [6.07, 6.45) is 5.52. The van der Waals surface area contributed by atoms with Crippen LogP contribution < -0.4 is 5.32 Å². The van der Waals surface area contributed by atoms with Gasteiger partial charge in [-0.15, -0.1) is 0 Å². The Morgan fingerprint density at radius 3 is 2.62 bits per heavy atom. The molecule has 21 heavy (non-hydrogen) atoms. The summed E-state index contributed by atoms with van der Waals surface area (Å²) in [6, 6.07) is 0.0776. The van der Waals surface area contributed by atoms with Crippen LogP contribution in [-0.4, -0.2) is 43.1 Å². The van der Waals surface area contributed by atoms with E-state index in [1.54, 1.807) is 20.3 Å². The van der Waals surface area contributed by atoms with Gasteiger partial charge < -0.3 is 5.32 Å². The second-order valence-electron chi connectivity index (χ2n) is 6.67. The Balaban J connectivity index is 2.17. The Morgan fingerprint density at radius 2 is 2.05 bits per heavy atom. The molecule has 0 aromatic carbocycles. The maximum Gasteiger partial charge on any atom is 0.260 e. The zero-order valence-electron chi connectivity index (χ0n) is 13.3. The minimum Gasteiger partial charge on any atom is -0.316 e. The number of rotatable bonds is 5. The topological polar surface area (TPSA) is 78.1 Å². The molecule has 1 aromatic rings. The number of nitrogens with zero attached hydrogens (tertiary/aromatic N) is 2. The average molecular weight is 314 g/mol. The van der Waals surface area contributed by atoms with Crippen LogP contribution in [0.1, 0.15) is 45.1 Å².